The molecule has 0 aromatic carbocycles. The second kappa shape index (κ2) is 12.3. The van der Waals surface area contributed by atoms with Crippen molar-refractivity contribution in [1.29, 1.82) is 0 Å². The third-order valence-corrected chi connectivity index (χ3v) is 2.75. The lowest BCUT2D eigenvalue weighted by molar-refractivity contribution is 0.292. The summed E-state index contributed by atoms with van der Waals surface area (Å²) in [5.74, 6) is 0. The van der Waals surface area contributed by atoms with Crippen LogP contribution in [0.2, 0.25) is 0 Å². The fourth-order valence-corrected chi connectivity index (χ4v) is 1.92. The zero-order valence-corrected chi connectivity index (χ0v) is 11.7. The lowest BCUT2D eigenvalue weighted by Crippen LogP contribution is -2.28. The van der Waals surface area contributed by atoms with Gasteiger partial charge in [-0.2, -0.15) is 0 Å². The standard InChI is InChI=1S/C16H28N2/c1-5-11-17(12-6-2)15-9-10-16-18(13-7-3)14-8-4/h5-8H,1-4,9-16H2. The highest BCUT2D eigenvalue weighted by atomic mass is 15.1. The summed E-state index contributed by atoms with van der Waals surface area (Å²) in [6.45, 7) is 21.1. The second-order valence-corrected chi connectivity index (χ2v) is 4.38. The first-order valence-electron chi connectivity index (χ1n) is 6.66. The van der Waals surface area contributed by atoms with Crippen molar-refractivity contribution < 1.29 is 0 Å². The highest BCUT2D eigenvalue weighted by Crippen LogP contribution is 1.99. The van der Waals surface area contributed by atoms with Crippen molar-refractivity contribution in [3.8, 4) is 0 Å². The molecule has 0 heterocycles. The minimum Gasteiger partial charge on any atom is -0.296 e. The maximum atomic E-state index is 3.78. The van der Waals surface area contributed by atoms with E-state index in [0.717, 1.165) is 39.3 Å². The number of nitrogens with zero attached hydrogens (tertiary/aromatic N) is 2. The molecule has 2 nitrogen and oxygen atoms in total. The normalized spacial score (nSPS) is 10.6. The van der Waals surface area contributed by atoms with E-state index in [1.807, 2.05) is 24.3 Å². The fourth-order valence-electron chi connectivity index (χ4n) is 1.92. The number of hydrogen-bond donors (Lipinski definition) is 0. The van der Waals surface area contributed by atoms with Gasteiger partial charge in [0.25, 0.3) is 0 Å². The molecule has 18 heavy (non-hydrogen) atoms. The summed E-state index contributed by atoms with van der Waals surface area (Å²) in [4.78, 5) is 4.71. The summed E-state index contributed by atoms with van der Waals surface area (Å²) in [5.41, 5.74) is 0. The molecule has 0 amide bonds. The van der Waals surface area contributed by atoms with Crippen LogP contribution in [-0.4, -0.2) is 49.1 Å². The molecule has 0 unspecified atom stereocenters. The Morgan fingerprint density at radius 3 is 1.06 bits per heavy atom. The fraction of sp³-hybridized carbons (Fsp3) is 0.500. The van der Waals surface area contributed by atoms with E-state index in [0.29, 0.717) is 0 Å². The molecule has 0 saturated heterocycles. The Bertz CT molecular complexity index is 199. The summed E-state index contributed by atoms with van der Waals surface area (Å²) in [7, 11) is 0. The highest BCUT2D eigenvalue weighted by molar-refractivity contribution is 4.81. The highest BCUT2D eigenvalue weighted by Gasteiger charge is 2.02. The van der Waals surface area contributed by atoms with Crippen molar-refractivity contribution in [1.82, 2.24) is 9.80 Å². The maximum absolute atomic E-state index is 3.78. The molecule has 0 radical (unpaired) electrons. The van der Waals surface area contributed by atoms with Crippen LogP contribution in [0.25, 0.3) is 0 Å². The Labute approximate surface area is 113 Å². The van der Waals surface area contributed by atoms with Crippen molar-refractivity contribution in [2.45, 2.75) is 12.8 Å². The molecule has 0 rings (SSSR count). The van der Waals surface area contributed by atoms with E-state index in [2.05, 4.69) is 36.1 Å². The van der Waals surface area contributed by atoms with E-state index >= 15 is 0 Å². The van der Waals surface area contributed by atoms with Crippen LogP contribution >= 0.6 is 0 Å². The predicted molar refractivity (Wildman–Crippen MR) is 82.9 cm³/mol. The van der Waals surface area contributed by atoms with Crippen LogP contribution in [0.1, 0.15) is 12.8 Å². The van der Waals surface area contributed by atoms with Gasteiger partial charge in [0.1, 0.15) is 0 Å². The molecule has 0 saturated carbocycles. The van der Waals surface area contributed by atoms with Crippen LogP contribution < -0.4 is 0 Å². The Morgan fingerprint density at radius 2 is 0.833 bits per heavy atom. The van der Waals surface area contributed by atoms with Gasteiger partial charge in [0, 0.05) is 26.2 Å². The zero-order valence-electron chi connectivity index (χ0n) is 11.7. The zero-order chi connectivity index (χ0) is 13.6. The molecule has 0 fully saturated rings. The van der Waals surface area contributed by atoms with E-state index in [1.165, 1.54) is 12.8 Å². The first-order chi connectivity index (χ1) is 8.78. The summed E-state index contributed by atoms with van der Waals surface area (Å²) in [6.07, 6.45) is 10.2. The van der Waals surface area contributed by atoms with Crippen molar-refractivity contribution in [3.05, 3.63) is 50.6 Å². The summed E-state index contributed by atoms with van der Waals surface area (Å²) >= 11 is 0. The van der Waals surface area contributed by atoms with Crippen LogP contribution in [0.5, 0.6) is 0 Å². The van der Waals surface area contributed by atoms with Crippen LogP contribution in [0.4, 0.5) is 0 Å². The van der Waals surface area contributed by atoms with E-state index in [-0.39, 0.29) is 0 Å². The number of hydrogen-bond acceptors (Lipinski definition) is 2. The largest absolute Gasteiger partial charge is 0.296 e. The van der Waals surface area contributed by atoms with Crippen molar-refractivity contribution in [2.24, 2.45) is 0 Å². The number of rotatable bonds is 13. The van der Waals surface area contributed by atoms with Crippen LogP contribution in [-0.2, 0) is 0 Å². The minimum atomic E-state index is 0.940. The van der Waals surface area contributed by atoms with E-state index in [1.54, 1.807) is 0 Å². The average Bonchev–Trinajstić information content (AvgIpc) is 2.35. The van der Waals surface area contributed by atoms with Gasteiger partial charge in [-0.25, -0.2) is 0 Å². The molecule has 0 aliphatic carbocycles. The quantitative estimate of drug-likeness (QED) is 0.365. The van der Waals surface area contributed by atoms with Crippen LogP contribution in [0.3, 0.4) is 0 Å². The molecule has 0 aliphatic rings. The molecule has 2 heteroatoms. The summed E-state index contributed by atoms with van der Waals surface area (Å²) in [5, 5.41) is 0. The smallest absolute Gasteiger partial charge is 0.0163 e. The van der Waals surface area contributed by atoms with Crippen LogP contribution in [0, 0.1) is 0 Å². The summed E-state index contributed by atoms with van der Waals surface area (Å²) in [6, 6.07) is 0. The Hall–Kier alpha value is -1.12. The molecular formula is C16H28N2. The van der Waals surface area contributed by atoms with Gasteiger partial charge in [-0.05, 0) is 25.9 Å². The van der Waals surface area contributed by atoms with E-state index < -0.39 is 0 Å². The van der Waals surface area contributed by atoms with Gasteiger partial charge >= 0.3 is 0 Å². The van der Waals surface area contributed by atoms with Gasteiger partial charge in [-0.1, -0.05) is 24.3 Å². The topological polar surface area (TPSA) is 6.48 Å². The SMILES string of the molecule is C=CCN(CC=C)CCCCN(CC=C)CC=C. The maximum Gasteiger partial charge on any atom is 0.0163 e. The van der Waals surface area contributed by atoms with E-state index in [4.69, 9.17) is 0 Å². The first kappa shape index (κ1) is 16.9. The van der Waals surface area contributed by atoms with Crippen molar-refractivity contribution in [3.63, 3.8) is 0 Å². The lowest BCUT2D eigenvalue weighted by Gasteiger charge is -2.21. The first-order valence-corrected chi connectivity index (χ1v) is 6.66. The van der Waals surface area contributed by atoms with E-state index in [9.17, 15) is 0 Å². The molecule has 0 aromatic heterocycles. The van der Waals surface area contributed by atoms with Crippen molar-refractivity contribution >= 4 is 0 Å². The second-order valence-electron chi connectivity index (χ2n) is 4.38. The lowest BCUT2D eigenvalue weighted by atomic mass is 10.2. The Balaban J connectivity index is 3.78. The van der Waals surface area contributed by atoms with Gasteiger partial charge < -0.3 is 0 Å². The molecule has 0 atom stereocenters. The summed E-state index contributed by atoms with van der Waals surface area (Å²) < 4.78 is 0. The van der Waals surface area contributed by atoms with Gasteiger partial charge in [-0.15, -0.1) is 26.3 Å². The van der Waals surface area contributed by atoms with Crippen LogP contribution in [0.15, 0.2) is 50.6 Å². The minimum absolute atomic E-state index is 0.940. The third-order valence-electron chi connectivity index (χ3n) is 2.75. The monoisotopic (exact) mass is 248 g/mol. The third kappa shape index (κ3) is 8.97. The Kier molecular flexibility index (Phi) is 11.6. The van der Waals surface area contributed by atoms with Gasteiger partial charge in [0.05, 0.1) is 0 Å². The van der Waals surface area contributed by atoms with Gasteiger partial charge in [0.15, 0.2) is 0 Å². The molecule has 0 spiro atoms. The van der Waals surface area contributed by atoms with Crippen molar-refractivity contribution in [2.75, 3.05) is 39.3 Å². The molecule has 0 N–H and O–H groups in total. The van der Waals surface area contributed by atoms with Gasteiger partial charge in [0.2, 0.25) is 0 Å². The molecule has 0 bridgehead atoms. The Morgan fingerprint density at radius 1 is 0.556 bits per heavy atom. The predicted octanol–water partition coefficient (Wildman–Crippen LogP) is 3.11. The molecule has 0 aromatic rings. The molecule has 0 aliphatic heterocycles. The average molecular weight is 248 g/mol. The molecular weight excluding hydrogens is 220 g/mol. The number of unbranched alkanes of at least 4 members (excludes halogenated alkanes) is 1. The van der Waals surface area contributed by atoms with Gasteiger partial charge in [-0.3, -0.25) is 9.80 Å². The molecule has 102 valence electrons.